The van der Waals surface area contributed by atoms with Gasteiger partial charge in [-0.25, -0.2) is 0 Å². The van der Waals surface area contributed by atoms with Crippen LogP contribution >= 0.6 is 15.9 Å². The van der Waals surface area contributed by atoms with Crippen LogP contribution in [0.15, 0.2) is 16.6 Å². The monoisotopic (exact) mass is 301 g/mol. The first-order valence-electron chi connectivity index (χ1n) is 5.72. The Kier molecular flexibility index (Phi) is 5.28. The van der Waals surface area contributed by atoms with Crippen molar-refractivity contribution < 1.29 is 9.47 Å². The molecule has 1 atom stereocenters. The summed E-state index contributed by atoms with van der Waals surface area (Å²) in [5.41, 5.74) is 6.94. The molecule has 0 spiro atoms. The second-order valence-corrected chi connectivity index (χ2v) is 5.30. The summed E-state index contributed by atoms with van der Waals surface area (Å²) in [6, 6.07) is 4.04. The van der Waals surface area contributed by atoms with Crippen molar-refractivity contribution in [3.63, 3.8) is 0 Å². The number of methoxy groups -OCH3 is 1. The molecule has 1 unspecified atom stereocenters. The van der Waals surface area contributed by atoms with E-state index in [1.807, 2.05) is 32.9 Å². The lowest BCUT2D eigenvalue weighted by molar-refractivity contribution is 0.230. The van der Waals surface area contributed by atoms with E-state index in [0.717, 1.165) is 28.0 Å². The highest BCUT2D eigenvalue weighted by molar-refractivity contribution is 9.10. The molecule has 0 aliphatic rings. The molecule has 0 aromatic heterocycles. The lowest BCUT2D eigenvalue weighted by atomic mass is 10.1. The number of rotatable bonds is 5. The van der Waals surface area contributed by atoms with E-state index in [-0.39, 0.29) is 12.1 Å². The molecule has 0 fully saturated rings. The van der Waals surface area contributed by atoms with Crippen molar-refractivity contribution in [2.45, 2.75) is 39.3 Å². The van der Waals surface area contributed by atoms with Crippen LogP contribution in [-0.2, 0) is 6.42 Å². The molecular weight excluding hydrogens is 282 g/mol. The first-order valence-corrected chi connectivity index (χ1v) is 6.52. The molecule has 0 heterocycles. The zero-order chi connectivity index (χ0) is 13.0. The van der Waals surface area contributed by atoms with Crippen LogP contribution in [0.2, 0.25) is 0 Å². The quantitative estimate of drug-likeness (QED) is 0.909. The number of ether oxygens (including phenoxy) is 2. The average molecular weight is 302 g/mol. The lowest BCUT2D eigenvalue weighted by Gasteiger charge is -2.16. The molecule has 0 saturated carbocycles. The normalized spacial score (nSPS) is 12.6. The molecule has 2 N–H and O–H groups in total. The molecule has 1 aromatic carbocycles. The van der Waals surface area contributed by atoms with Crippen molar-refractivity contribution in [2.24, 2.45) is 5.73 Å². The third kappa shape index (κ3) is 4.21. The molecule has 1 aromatic rings. The predicted molar refractivity (Wildman–Crippen MR) is 73.8 cm³/mol. The first-order chi connectivity index (χ1) is 7.93. The molecule has 0 amide bonds. The van der Waals surface area contributed by atoms with E-state index < -0.39 is 0 Å². The van der Waals surface area contributed by atoms with Crippen LogP contribution in [0, 0.1) is 0 Å². The average Bonchev–Trinajstić information content (AvgIpc) is 2.20. The van der Waals surface area contributed by atoms with Crippen LogP contribution < -0.4 is 15.2 Å². The topological polar surface area (TPSA) is 44.5 Å². The van der Waals surface area contributed by atoms with Crippen LogP contribution in [0.4, 0.5) is 0 Å². The maximum Gasteiger partial charge on any atom is 0.162 e. The number of nitrogens with two attached hydrogens (primary N) is 1. The van der Waals surface area contributed by atoms with Crippen LogP contribution in [0.25, 0.3) is 0 Å². The van der Waals surface area contributed by atoms with Gasteiger partial charge in [0.2, 0.25) is 0 Å². The van der Waals surface area contributed by atoms with Crippen molar-refractivity contribution in [2.75, 3.05) is 7.11 Å². The van der Waals surface area contributed by atoms with E-state index in [1.165, 1.54) is 0 Å². The summed E-state index contributed by atoms with van der Waals surface area (Å²) < 4.78 is 12.0. The fourth-order valence-corrected chi connectivity index (χ4v) is 2.07. The van der Waals surface area contributed by atoms with Crippen molar-refractivity contribution in [3.8, 4) is 11.5 Å². The molecule has 1 rings (SSSR count). The summed E-state index contributed by atoms with van der Waals surface area (Å²) in [6.45, 7) is 5.96. The minimum absolute atomic E-state index is 0.118. The van der Waals surface area contributed by atoms with Gasteiger partial charge in [-0.1, -0.05) is 15.9 Å². The Balaban J connectivity index is 3.06. The third-order valence-electron chi connectivity index (χ3n) is 2.24. The van der Waals surface area contributed by atoms with Crippen molar-refractivity contribution in [1.29, 1.82) is 0 Å². The number of hydrogen-bond donors (Lipinski definition) is 1. The summed E-state index contributed by atoms with van der Waals surface area (Å²) in [4.78, 5) is 0. The highest BCUT2D eigenvalue weighted by Crippen LogP contribution is 2.34. The van der Waals surface area contributed by atoms with Gasteiger partial charge in [-0.3, -0.25) is 0 Å². The Morgan fingerprint density at radius 2 is 1.88 bits per heavy atom. The SMILES string of the molecule is COc1cc(CC(C)N)c(Br)cc1OC(C)C. The first kappa shape index (κ1) is 14.3. The highest BCUT2D eigenvalue weighted by Gasteiger charge is 2.12. The molecular formula is C13H20BrNO2. The van der Waals surface area contributed by atoms with E-state index in [2.05, 4.69) is 15.9 Å². The van der Waals surface area contributed by atoms with E-state index in [1.54, 1.807) is 7.11 Å². The zero-order valence-corrected chi connectivity index (χ0v) is 12.4. The van der Waals surface area contributed by atoms with Gasteiger partial charge in [0.1, 0.15) is 0 Å². The highest BCUT2D eigenvalue weighted by atomic mass is 79.9. The van der Waals surface area contributed by atoms with Gasteiger partial charge in [0, 0.05) is 10.5 Å². The maximum atomic E-state index is 5.81. The van der Waals surface area contributed by atoms with Gasteiger partial charge in [0.15, 0.2) is 11.5 Å². The largest absolute Gasteiger partial charge is 0.493 e. The molecule has 96 valence electrons. The molecule has 3 nitrogen and oxygen atoms in total. The molecule has 0 aliphatic carbocycles. The Morgan fingerprint density at radius 3 is 2.35 bits per heavy atom. The van der Waals surface area contributed by atoms with Crippen molar-refractivity contribution in [3.05, 3.63) is 22.2 Å². The van der Waals surface area contributed by atoms with Crippen LogP contribution in [0.1, 0.15) is 26.3 Å². The van der Waals surface area contributed by atoms with E-state index >= 15 is 0 Å². The van der Waals surface area contributed by atoms with Gasteiger partial charge in [-0.2, -0.15) is 0 Å². The maximum absolute atomic E-state index is 5.81. The van der Waals surface area contributed by atoms with E-state index in [9.17, 15) is 0 Å². The van der Waals surface area contributed by atoms with Gasteiger partial charge in [0.25, 0.3) is 0 Å². The minimum Gasteiger partial charge on any atom is -0.493 e. The van der Waals surface area contributed by atoms with Crippen molar-refractivity contribution in [1.82, 2.24) is 0 Å². The predicted octanol–water partition coefficient (Wildman–Crippen LogP) is 3.13. The molecule has 17 heavy (non-hydrogen) atoms. The standard InChI is InChI=1S/C13H20BrNO2/c1-8(2)17-13-7-11(14)10(5-9(3)15)6-12(13)16-4/h6-9H,5,15H2,1-4H3. The second kappa shape index (κ2) is 6.26. The summed E-state index contributed by atoms with van der Waals surface area (Å²) in [6.07, 6.45) is 0.925. The molecule has 0 bridgehead atoms. The van der Waals surface area contributed by atoms with Crippen LogP contribution in [0.5, 0.6) is 11.5 Å². The Morgan fingerprint density at radius 1 is 1.24 bits per heavy atom. The van der Waals surface area contributed by atoms with Crippen LogP contribution in [0.3, 0.4) is 0 Å². The van der Waals surface area contributed by atoms with Gasteiger partial charge >= 0.3 is 0 Å². The second-order valence-electron chi connectivity index (χ2n) is 4.44. The Bertz CT molecular complexity index is 378. The van der Waals surface area contributed by atoms with E-state index in [0.29, 0.717) is 0 Å². The van der Waals surface area contributed by atoms with Gasteiger partial charge in [-0.05, 0) is 44.9 Å². The molecule has 0 saturated heterocycles. The smallest absolute Gasteiger partial charge is 0.162 e. The Hall–Kier alpha value is -0.740. The lowest BCUT2D eigenvalue weighted by Crippen LogP contribution is -2.18. The molecule has 4 heteroatoms. The fraction of sp³-hybridized carbons (Fsp3) is 0.538. The van der Waals surface area contributed by atoms with Crippen LogP contribution in [-0.4, -0.2) is 19.3 Å². The summed E-state index contributed by atoms with van der Waals surface area (Å²) in [7, 11) is 1.64. The number of hydrogen-bond acceptors (Lipinski definition) is 3. The third-order valence-corrected chi connectivity index (χ3v) is 2.98. The van der Waals surface area contributed by atoms with Gasteiger partial charge < -0.3 is 15.2 Å². The zero-order valence-electron chi connectivity index (χ0n) is 10.8. The molecule has 0 aliphatic heterocycles. The van der Waals surface area contributed by atoms with Gasteiger partial charge in [0.05, 0.1) is 13.2 Å². The Labute approximate surface area is 111 Å². The van der Waals surface area contributed by atoms with Gasteiger partial charge in [-0.15, -0.1) is 0 Å². The minimum atomic E-state index is 0.118. The molecule has 0 radical (unpaired) electrons. The summed E-state index contributed by atoms with van der Waals surface area (Å²) in [5.74, 6) is 1.50. The number of benzene rings is 1. The van der Waals surface area contributed by atoms with E-state index in [4.69, 9.17) is 15.2 Å². The number of halogens is 1. The summed E-state index contributed by atoms with van der Waals surface area (Å²) in [5, 5.41) is 0. The fourth-order valence-electron chi connectivity index (χ4n) is 1.59. The van der Waals surface area contributed by atoms with Crippen molar-refractivity contribution >= 4 is 15.9 Å². The summed E-state index contributed by atoms with van der Waals surface area (Å²) >= 11 is 3.54.